The number of para-hydroxylation sites is 1. The second-order valence-corrected chi connectivity index (χ2v) is 8.47. The van der Waals surface area contributed by atoms with Gasteiger partial charge in [0, 0.05) is 13.6 Å². The molecule has 3 rings (SSSR count). The summed E-state index contributed by atoms with van der Waals surface area (Å²) in [5, 5.41) is 5.09. The van der Waals surface area contributed by atoms with Crippen molar-refractivity contribution in [3.05, 3.63) is 82.3 Å². The maximum Gasteiger partial charge on any atom is 0.295 e. The number of benzene rings is 2. The topological polar surface area (TPSA) is 85.1 Å². The molecule has 0 bridgehead atoms. The quantitative estimate of drug-likeness (QED) is 0.566. The van der Waals surface area contributed by atoms with Crippen LogP contribution in [0.1, 0.15) is 18.2 Å². The third-order valence-corrected chi connectivity index (χ3v) is 6.11. The number of nitrogens with one attached hydrogen (secondary N) is 2. The van der Waals surface area contributed by atoms with Crippen LogP contribution in [-0.2, 0) is 23.2 Å². The van der Waals surface area contributed by atoms with Crippen molar-refractivity contribution in [2.75, 3.05) is 11.1 Å². The number of thioether (sulfide) groups is 1. The summed E-state index contributed by atoms with van der Waals surface area (Å²) in [6.07, 6.45) is 0. The van der Waals surface area contributed by atoms with Gasteiger partial charge < -0.3 is 10.6 Å². The van der Waals surface area contributed by atoms with Crippen LogP contribution in [0.25, 0.3) is 5.69 Å². The zero-order valence-electron chi connectivity index (χ0n) is 17.8. The zero-order chi connectivity index (χ0) is 22.4. The lowest BCUT2D eigenvalue weighted by molar-refractivity contribution is -0.118. The monoisotopic (exact) mass is 438 g/mol. The highest BCUT2D eigenvalue weighted by molar-refractivity contribution is 8.01. The molecular formula is C23H26N4O3S. The molecule has 1 unspecified atom stereocenters. The molecule has 0 aliphatic heterocycles. The number of carbonyl (C=O) groups is 2. The first-order chi connectivity index (χ1) is 14.9. The maximum atomic E-state index is 12.9. The van der Waals surface area contributed by atoms with Crippen molar-refractivity contribution in [2.24, 2.45) is 7.05 Å². The van der Waals surface area contributed by atoms with Crippen molar-refractivity contribution in [1.29, 1.82) is 0 Å². The Kier molecular flexibility index (Phi) is 7.36. The lowest BCUT2D eigenvalue weighted by Gasteiger charge is -2.11. The number of anilines is 1. The Hall–Kier alpha value is -3.26. The van der Waals surface area contributed by atoms with E-state index in [1.165, 1.54) is 16.4 Å². The van der Waals surface area contributed by atoms with Gasteiger partial charge in [0.2, 0.25) is 11.8 Å². The standard InChI is InChI=1S/C23H26N4O3S/c1-16-21(23(30)27(26(16)3)19-12-8-5-9-13-19)25-22(29)17(2)31-15-20(28)24-14-18-10-6-4-7-11-18/h4-13,17H,14-15H2,1-3H3,(H,24,28)(H,25,29). The van der Waals surface area contributed by atoms with Crippen LogP contribution in [0.3, 0.4) is 0 Å². The highest BCUT2D eigenvalue weighted by atomic mass is 32.2. The first kappa shape index (κ1) is 22.4. The number of aromatic nitrogens is 2. The second-order valence-electron chi connectivity index (χ2n) is 7.14. The Labute approximate surface area is 185 Å². The van der Waals surface area contributed by atoms with Gasteiger partial charge in [-0.25, -0.2) is 4.68 Å². The van der Waals surface area contributed by atoms with Gasteiger partial charge in [-0.05, 0) is 31.5 Å². The highest BCUT2D eigenvalue weighted by Crippen LogP contribution is 2.17. The molecule has 0 aliphatic carbocycles. The van der Waals surface area contributed by atoms with Gasteiger partial charge in [0.15, 0.2) is 0 Å². The van der Waals surface area contributed by atoms with Crippen LogP contribution in [0.15, 0.2) is 65.5 Å². The average molecular weight is 439 g/mol. The Morgan fingerprint density at radius 2 is 1.65 bits per heavy atom. The first-order valence-corrected chi connectivity index (χ1v) is 11.0. The molecule has 0 spiro atoms. The number of carbonyl (C=O) groups excluding carboxylic acids is 2. The smallest absolute Gasteiger partial charge is 0.295 e. The van der Waals surface area contributed by atoms with E-state index in [2.05, 4.69) is 10.6 Å². The van der Waals surface area contributed by atoms with Crippen molar-refractivity contribution in [3.8, 4) is 5.69 Å². The molecule has 1 heterocycles. The molecule has 8 heteroatoms. The number of amides is 2. The molecule has 0 saturated heterocycles. The molecule has 7 nitrogen and oxygen atoms in total. The van der Waals surface area contributed by atoms with Gasteiger partial charge in [-0.15, -0.1) is 11.8 Å². The SMILES string of the molecule is Cc1c(NC(=O)C(C)SCC(=O)NCc2ccccc2)c(=O)n(-c2ccccc2)n1C. The molecule has 0 fully saturated rings. The number of hydrogen-bond donors (Lipinski definition) is 2. The van der Waals surface area contributed by atoms with Gasteiger partial charge in [-0.1, -0.05) is 48.5 Å². The van der Waals surface area contributed by atoms with Gasteiger partial charge >= 0.3 is 0 Å². The first-order valence-electron chi connectivity index (χ1n) is 9.95. The van der Waals surface area contributed by atoms with Crippen molar-refractivity contribution < 1.29 is 9.59 Å². The molecule has 0 aliphatic rings. The van der Waals surface area contributed by atoms with E-state index < -0.39 is 5.25 Å². The summed E-state index contributed by atoms with van der Waals surface area (Å²) in [6, 6.07) is 18.9. The number of rotatable bonds is 8. The van der Waals surface area contributed by atoms with Crippen LogP contribution in [0.2, 0.25) is 0 Å². The van der Waals surface area contributed by atoms with Crippen LogP contribution < -0.4 is 16.2 Å². The third-order valence-electron chi connectivity index (χ3n) is 4.97. The van der Waals surface area contributed by atoms with E-state index in [4.69, 9.17) is 0 Å². The van der Waals surface area contributed by atoms with Crippen molar-refractivity contribution in [2.45, 2.75) is 25.6 Å². The average Bonchev–Trinajstić information content (AvgIpc) is 3.00. The molecule has 162 valence electrons. The largest absolute Gasteiger partial charge is 0.351 e. The van der Waals surface area contributed by atoms with E-state index in [0.29, 0.717) is 12.2 Å². The Bertz CT molecular complexity index is 1110. The van der Waals surface area contributed by atoms with E-state index in [0.717, 1.165) is 11.3 Å². The molecule has 1 aromatic heterocycles. The van der Waals surface area contributed by atoms with Gasteiger partial charge in [0.25, 0.3) is 5.56 Å². The van der Waals surface area contributed by atoms with Crippen LogP contribution in [-0.4, -0.2) is 32.2 Å². The van der Waals surface area contributed by atoms with Crippen molar-refractivity contribution in [3.63, 3.8) is 0 Å². The van der Waals surface area contributed by atoms with Crippen LogP contribution in [0, 0.1) is 6.92 Å². The fourth-order valence-electron chi connectivity index (χ4n) is 3.06. The van der Waals surface area contributed by atoms with E-state index in [1.807, 2.05) is 60.7 Å². The summed E-state index contributed by atoms with van der Waals surface area (Å²) in [4.78, 5) is 37.7. The predicted molar refractivity (Wildman–Crippen MR) is 125 cm³/mol. The molecule has 2 N–H and O–H groups in total. The van der Waals surface area contributed by atoms with E-state index >= 15 is 0 Å². The minimum Gasteiger partial charge on any atom is -0.351 e. The molecule has 0 radical (unpaired) electrons. The van der Waals surface area contributed by atoms with Crippen LogP contribution >= 0.6 is 11.8 Å². The zero-order valence-corrected chi connectivity index (χ0v) is 18.6. The molecular weight excluding hydrogens is 412 g/mol. The van der Waals surface area contributed by atoms with E-state index in [9.17, 15) is 14.4 Å². The Morgan fingerprint density at radius 1 is 1.03 bits per heavy atom. The van der Waals surface area contributed by atoms with Gasteiger partial charge in [0.1, 0.15) is 5.69 Å². The van der Waals surface area contributed by atoms with E-state index in [1.54, 1.807) is 25.6 Å². The van der Waals surface area contributed by atoms with Gasteiger partial charge in [0.05, 0.1) is 22.4 Å². The van der Waals surface area contributed by atoms with Crippen LogP contribution in [0.4, 0.5) is 5.69 Å². The summed E-state index contributed by atoms with van der Waals surface area (Å²) in [5.74, 6) is -0.300. The highest BCUT2D eigenvalue weighted by Gasteiger charge is 2.21. The number of hydrogen-bond acceptors (Lipinski definition) is 4. The molecule has 0 saturated carbocycles. The lowest BCUT2D eigenvalue weighted by Crippen LogP contribution is -2.30. The maximum absolute atomic E-state index is 12.9. The molecule has 31 heavy (non-hydrogen) atoms. The molecule has 2 aromatic carbocycles. The predicted octanol–water partition coefficient (Wildman–Crippen LogP) is 2.86. The molecule has 1 atom stereocenters. The Morgan fingerprint density at radius 3 is 2.29 bits per heavy atom. The summed E-state index contributed by atoms with van der Waals surface area (Å²) >= 11 is 1.23. The van der Waals surface area contributed by atoms with E-state index in [-0.39, 0.29) is 28.8 Å². The third kappa shape index (κ3) is 5.46. The minimum atomic E-state index is -0.494. The molecule has 3 aromatic rings. The fourth-order valence-corrected chi connectivity index (χ4v) is 3.77. The summed E-state index contributed by atoms with van der Waals surface area (Å²) in [6.45, 7) is 3.95. The fraction of sp³-hybridized carbons (Fsp3) is 0.261. The van der Waals surface area contributed by atoms with Crippen molar-refractivity contribution >= 4 is 29.3 Å². The molecule has 2 amide bonds. The van der Waals surface area contributed by atoms with Gasteiger partial charge in [-0.2, -0.15) is 0 Å². The second kappa shape index (κ2) is 10.2. The van der Waals surface area contributed by atoms with Crippen LogP contribution in [0.5, 0.6) is 0 Å². The minimum absolute atomic E-state index is 0.143. The summed E-state index contributed by atoms with van der Waals surface area (Å²) in [7, 11) is 1.77. The van der Waals surface area contributed by atoms with Gasteiger partial charge in [-0.3, -0.25) is 19.1 Å². The summed E-state index contributed by atoms with van der Waals surface area (Å²) in [5.41, 5.74) is 2.34. The Balaban J connectivity index is 1.58. The number of nitrogens with zero attached hydrogens (tertiary/aromatic N) is 2. The summed E-state index contributed by atoms with van der Waals surface area (Å²) < 4.78 is 3.22. The lowest BCUT2D eigenvalue weighted by atomic mass is 10.2. The normalized spacial score (nSPS) is 11.7. The van der Waals surface area contributed by atoms with Crippen molar-refractivity contribution in [1.82, 2.24) is 14.7 Å².